The van der Waals surface area contributed by atoms with Crippen molar-refractivity contribution in [2.24, 2.45) is 0 Å². The van der Waals surface area contributed by atoms with Crippen molar-refractivity contribution in [2.75, 3.05) is 35.7 Å². The van der Waals surface area contributed by atoms with Crippen molar-refractivity contribution in [3.8, 4) is 0 Å². The highest BCUT2D eigenvalue weighted by Crippen LogP contribution is 2.23. The zero-order valence-corrected chi connectivity index (χ0v) is 14.0. The molecule has 1 unspecified atom stereocenters. The lowest BCUT2D eigenvalue weighted by molar-refractivity contribution is 0.100. The van der Waals surface area contributed by atoms with E-state index < -0.39 is 9.84 Å². The SMILES string of the molecule is CCCS(=O)(=O)c1ccc(N2CCOCC2CBr)cc1. The fraction of sp³-hybridized carbons (Fsp3) is 0.571. The maximum absolute atomic E-state index is 12.0. The van der Waals surface area contributed by atoms with Gasteiger partial charge in [0.2, 0.25) is 0 Å². The Balaban J connectivity index is 2.19. The number of halogens is 1. The number of hydrogen-bond donors (Lipinski definition) is 0. The number of sulfone groups is 1. The maximum Gasteiger partial charge on any atom is 0.178 e. The summed E-state index contributed by atoms with van der Waals surface area (Å²) in [6, 6.07) is 7.50. The summed E-state index contributed by atoms with van der Waals surface area (Å²) < 4.78 is 29.5. The van der Waals surface area contributed by atoms with Crippen LogP contribution in [0.3, 0.4) is 0 Å². The summed E-state index contributed by atoms with van der Waals surface area (Å²) in [5.41, 5.74) is 1.05. The zero-order valence-electron chi connectivity index (χ0n) is 11.6. The monoisotopic (exact) mass is 361 g/mol. The van der Waals surface area contributed by atoms with E-state index in [1.54, 1.807) is 12.1 Å². The molecule has 4 nitrogen and oxygen atoms in total. The molecule has 20 heavy (non-hydrogen) atoms. The van der Waals surface area contributed by atoms with Gasteiger partial charge in [-0.15, -0.1) is 0 Å². The largest absolute Gasteiger partial charge is 0.377 e. The molecule has 112 valence electrons. The van der Waals surface area contributed by atoms with Crippen molar-refractivity contribution in [3.63, 3.8) is 0 Å². The Bertz CT molecular complexity index is 530. The number of benzene rings is 1. The summed E-state index contributed by atoms with van der Waals surface area (Å²) in [7, 11) is -3.13. The van der Waals surface area contributed by atoms with Gasteiger partial charge in [0, 0.05) is 17.6 Å². The Morgan fingerprint density at radius 2 is 2.05 bits per heavy atom. The molecule has 0 aromatic heterocycles. The Hall–Kier alpha value is -0.590. The topological polar surface area (TPSA) is 46.6 Å². The highest BCUT2D eigenvalue weighted by Gasteiger charge is 2.22. The first-order chi connectivity index (χ1) is 9.58. The maximum atomic E-state index is 12.0. The Morgan fingerprint density at radius 3 is 2.65 bits per heavy atom. The van der Waals surface area contributed by atoms with Crippen LogP contribution in [0.2, 0.25) is 0 Å². The van der Waals surface area contributed by atoms with Gasteiger partial charge < -0.3 is 9.64 Å². The van der Waals surface area contributed by atoms with Crippen LogP contribution in [0.15, 0.2) is 29.2 Å². The first-order valence-electron chi connectivity index (χ1n) is 6.81. The molecule has 1 aliphatic heterocycles. The quantitative estimate of drug-likeness (QED) is 0.755. The Morgan fingerprint density at radius 1 is 1.35 bits per heavy atom. The van der Waals surface area contributed by atoms with Gasteiger partial charge in [0.15, 0.2) is 9.84 Å². The molecular formula is C14H20BrNO3S. The van der Waals surface area contributed by atoms with Gasteiger partial charge in [-0.1, -0.05) is 22.9 Å². The van der Waals surface area contributed by atoms with Gasteiger partial charge in [-0.05, 0) is 30.7 Å². The molecule has 0 N–H and O–H groups in total. The highest BCUT2D eigenvalue weighted by molar-refractivity contribution is 9.09. The zero-order chi connectivity index (χ0) is 14.6. The molecule has 0 spiro atoms. The van der Waals surface area contributed by atoms with Crippen LogP contribution in [0, 0.1) is 0 Å². The van der Waals surface area contributed by atoms with Crippen LogP contribution in [-0.2, 0) is 14.6 Å². The summed E-state index contributed by atoms with van der Waals surface area (Å²) in [6.07, 6.45) is 0.638. The molecule has 0 aliphatic carbocycles. The van der Waals surface area contributed by atoms with Crippen molar-refractivity contribution in [2.45, 2.75) is 24.3 Å². The number of anilines is 1. The van der Waals surface area contributed by atoms with Crippen LogP contribution in [0.4, 0.5) is 5.69 Å². The first-order valence-corrected chi connectivity index (χ1v) is 9.59. The van der Waals surface area contributed by atoms with Crippen molar-refractivity contribution >= 4 is 31.5 Å². The minimum Gasteiger partial charge on any atom is -0.377 e. The smallest absolute Gasteiger partial charge is 0.178 e. The van der Waals surface area contributed by atoms with E-state index in [0.717, 1.165) is 17.6 Å². The lowest BCUT2D eigenvalue weighted by Gasteiger charge is -2.36. The molecule has 1 aromatic carbocycles. The lowest BCUT2D eigenvalue weighted by Crippen LogP contribution is -2.46. The highest BCUT2D eigenvalue weighted by atomic mass is 79.9. The predicted octanol–water partition coefficient (Wildman–Crippen LogP) is 2.47. The molecular weight excluding hydrogens is 342 g/mol. The van der Waals surface area contributed by atoms with Crippen molar-refractivity contribution in [3.05, 3.63) is 24.3 Å². The van der Waals surface area contributed by atoms with Gasteiger partial charge in [0.25, 0.3) is 0 Å². The number of alkyl halides is 1. The minimum absolute atomic E-state index is 0.202. The second-order valence-corrected chi connectivity index (χ2v) is 7.65. The molecule has 1 heterocycles. The Labute approximate surface area is 129 Å². The summed E-state index contributed by atoms with van der Waals surface area (Å²) >= 11 is 3.50. The van der Waals surface area contributed by atoms with Crippen LogP contribution in [0.1, 0.15) is 13.3 Å². The molecule has 2 rings (SSSR count). The van der Waals surface area contributed by atoms with Gasteiger partial charge in [0.05, 0.1) is 29.9 Å². The third kappa shape index (κ3) is 3.54. The molecule has 6 heteroatoms. The second kappa shape index (κ2) is 6.91. The number of rotatable bonds is 5. The van der Waals surface area contributed by atoms with Gasteiger partial charge >= 0.3 is 0 Å². The van der Waals surface area contributed by atoms with Gasteiger partial charge in [-0.3, -0.25) is 0 Å². The molecule has 1 atom stereocenters. The van der Waals surface area contributed by atoms with Crippen LogP contribution in [-0.4, -0.2) is 45.3 Å². The molecule has 1 fully saturated rings. The molecule has 0 bridgehead atoms. The molecule has 1 saturated heterocycles. The van der Waals surface area contributed by atoms with E-state index in [4.69, 9.17) is 4.74 Å². The number of ether oxygens (including phenoxy) is 1. The van der Waals surface area contributed by atoms with E-state index in [9.17, 15) is 8.42 Å². The minimum atomic E-state index is -3.13. The molecule has 1 aliphatic rings. The average molecular weight is 362 g/mol. The summed E-state index contributed by atoms with van der Waals surface area (Å²) in [5.74, 6) is 0.202. The standard InChI is InChI=1S/C14H20BrNO3S/c1-2-9-20(17,18)14-5-3-12(4-6-14)16-7-8-19-11-13(16)10-15/h3-6,13H,2,7-11H2,1H3. The average Bonchev–Trinajstić information content (AvgIpc) is 2.47. The first kappa shape index (κ1) is 15.8. The number of nitrogens with zero attached hydrogens (tertiary/aromatic N) is 1. The summed E-state index contributed by atoms with van der Waals surface area (Å²) in [4.78, 5) is 2.67. The van der Waals surface area contributed by atoms with E-state index in [2.05, 4.69) is 20.8 Å². The Kier molecular flexibility index (Phi) is 5.46. The lowest BCUT2D eigenvalue weighted by atomic mass is 10.2. The van der Waals surface area contributed by atoms with Gasteiger partial charge in [-0.2, -0.15) is 0 Å². The van der Waals surface area contributed by atoms with E-state index in [1.807, 2.05) is 19.1 Å². The second-order valence-electron chi connectivity index (χ2n) is 4.89. The van der Waals surface area contributed by atoms with E-state index >= 15 is 0 Å². The van der Waals surface area contributed by atoms with E-state index in [1.165, 1.54) is 0 Å². The predicted molar refractivity (Wildman–Crippen MR) is 84.5 cm³/mol. The third-order valence-corrected chi connectivity index (χ3v) is 6.09. The van der Waals surface area contributed by atoms with E-state index in [0.29, 0.717) is 30.6 Å². The number of hydrogen-bond acceptors (Lipinski definition) is 4. The molecule has 0 saturated carbocycles. The van der Waals surface area contributed by atoms with Crippen LogP contribution >= 0.6 is 15.9 Å². The normalized spacial score (nSPS) is 20.1. The van der Waals surface area contributed by atoms with Gasteiger partial charge in [0.1, 0.15) is 0 Å². The third-order valence-electron chi connectivity index (χ3n) is 3.41. The van der Waals surface area contributed by atoms with Crippen LogP contribution < -0.4 is 4.90 Å². The number of morpholine rings is 1. The van der Waals surface area contributed by atoms with Crippen LogP contribution in [0.5, 0.6) is 0 Å². The molecule has 1 aromatic rings. The summed E-state index contributed by atoms with van der Waals surface area (Å²) in [5, 5.41) is 0.836. The van der Waals surface area contributed by atoms with Crippen molar-refractivity contribution in [1.29, 1.82) is 0 Å². The van der Waals surface area contributed by atoms with E-state index in [-0.39, 0.29) is 5.75 Å². The van der Waals surface area contributed by atoms with Crippen LogP contribution in [0.25, 0.3) is 0 Å². The van der Waals surface area contributed by atoms with Gasteiger partial charge in [-0.25, -0.2) is 8.42 Å². The van der Waals surface area contributed by atoms with Crippen molar-refractivity contribution in [1.82, 2.24) is 0 Å². The van der Waals surface area contributed by atoms with Crippen molar-refractivity contribution < 1.29 is 13.2 Å². The molecule has 0 radical (unpaired) electrons. The molecule has 0 amide bonds. The summed E-state index contributed by atoms with van der Waals surface area (Å²) in [6.45, 7) is 4.11. The fourth-order valence-corrected chi connectivity index (χ4v) is 4.21. The fourth-order valence-electron chi connectivity index (χ4n) is 2.35.